The fourth-order valence-electron chi connectivity index (χ4n) is 2.22. The van der Waals surface area contributed by atoms with Crippen LogP contribution in [-0.4, -0.2) is 28.3 Å². The van der Waals surface area contributed by atoms with Crippen LogP contribution in [0.1, 0.15) is 18.2 Å². The van der Waals surface area contributed by atoms with E-state index < -0.39 is 0 Å². The number of oxazole rings is 1. The Morgan fingerprint density at radius 2 is 2.35 bits per heavy atom. The summed E-state index contributed by atoms with van der Waals surface area (Å²) in [6.07, 6.45) is 2.32. The molecule has 0 bridgehead atoms. The van der Waals surface area contributed by atoms with Crippen LogP contribution in [0.15, 0.2) is 32.8 Å². The van der Waals surface area contributed by atoms with Crippen molar-refractivity contribution in [1.29, 1.82) is 0 Å². The first-order valence-corrected chi connectivity index (χ1v) is 7.19. The van der Waals surface area contributed by atoms with Crippen LogP contribution < -0.4 is 0 Å². The fourth-order valence-corrected chi connectivity index (χ4v) is 2.93. The first-order valence-electron chi connectivity index (χ1n) is 6.31. The fraction of sp³-hybridized carbons (Fsp3) is 0.308. The van der Waals surface area contributed by atoms with Gasteiger partial charge in [-0.2, -0.15) is 4.98 Å². The highest BCUT2D eigenvalue weighted by Crippen LogP contribution is 2.34. The van der Waals surface area contributed by atoms with Gasteiger partial charge in [0.15, 0.2) is 23.7 Å². The summed E-state index contributed by atoms with van der Waals surface area (Å²) in [7, 11) is 0. The van der Waals surface area contributed by atoms with Gasteiger partial charge in [-0.3, -0.25) is 0 Å². The van der Waals surface area contributed by atoms with E-state index in [2.05, 4.69) is 15.1 Å². The molecule has 7 heteroatoms. The third-order valence-corrected chi connectivity index (χ3v) is 4.12. The zero-order valence-corrected chi connectivity index (χ0v) is 11.3. The van der Waals surface area contributed by atoms with Crippen molar-refractivity contribution in [3.05, 3.63) is 29.7 Å². The highest BCUT2D eigenvalue weighted by atomic mass is 32.1. The van der Waals surface area contributed by atoms with E-state index in [9.17, 15) is 0 Å². The van der Waals surface area contributed by atoms with Gasteiger partial charge in [-0.05, 0) is 17.9 Å². The quantitative estimate of drug-likeness (QED) is 0.738. The number of aromatic nitrogens is 3. The van der Waals surface area contributed by atoms with E-state index in [1.54, 1.807) is 11.3 Å². The Hall–Kier alpha value is -1.99. The second-order valence-electron chi connectivity index (χ2n) is 4.53. The summed E-state index contributed by atoms with van der Waals surface area (Å²) in [4.78, 5) is 9.61. The van der Waals surface area contributed by atoms with E-state index in [1.807, 2.05) is 17.5 Å². The summed E-state index contributed by atoms with van der Waals surface area (Å²) in [6.45, 7) is 1.40. The van der Waals surface area contributed by atoms with Crippen molar-refractivity contribution in [2.24, 2.45) is 0 Å². The molecule has 1 aliphatic rings. The SMILES string of the molecule is c1csc(-c2ocnc2-c2nc(C3CCOC3)no2)c1. The normalized spacial score (nSPS) is 18.7. The Morgan fingerprint density at radius 1 is 1.35 bits per heavy atom. The van der Waals surface area contributed by atoms with E-state index in [0.29, 0.717) is 29.8 Å². The first-order chi connectivity index (χ1) is 9.92. The van der Waals surface area contributed by atoms with Gasteiger partial charge in [0.05, 0.1) is 11.5 Å². The van der Waals surface area contributed by atoms with Crippen LogP contribution in [0.5, 0.6) is 0 Å². The van der Waals surface area contributed by atoms with Crippen LogP contribution in [0.25, 0.3) is 22.2 Å². The Labute approximate surface area is 118 Å². The van der Waals surface area contributed by atoms with E-state index >= 15 is 0 Å². The van der Waals surface area contributed by atoms with E-state index in [4.69, 9.17) is 13.7 Å². The maximum Gasteiger partial charge on any atom is 0.280 e. The van der Waals surface area contributed by atoms with Crippen LogP contribution in [0, 0.1) is 0 Å². The zero-order valence-electron chi connectivity index (χ0n) is 10.5. The topological polar surface area (TPSA) is 74.2 Å². The summed E-state index contributed by atoms with van der Waals surface area (Å²) in [5.74, 6) is 1.95. The lowest BCUT2D eigenvalue weighted by Crippen LogP contribution is -1.99. The van der Waals surface area contributed by atoms with Gasteiger partial charge in [0, 0.05) is 12.5 Å². The number of hydrogen-bond acceptors (Lipinski definition) is 7. The van der Waals surface area contributed by atoms with Crippen LogP contribution in [0.2, 0.25) is 0 Å². The molecule has 4 heterocycles. The van der Waals surface area contributed by atoms with Gasteiger partial charge in [-0.1, -0.05) is 11.2 Å². The maximum atomic E-state index is 5.45. The summed E-state index contributed by atoms with van der Waals surface area (Å²) in [5, 5.41) is 6.02. The standard InChI is InChI=1S/C13H11N3O3S/c1-2-9(20-5-1)11-10(14-7-18-11)13-15-12(16-19-13)8-3-4-17-6-8/h1-2,5,7-8H,3-4,6H2. The maximum absolute atomic E-state index is 5.45. The first kappa shape index (κ1) is 11.8. The molecule has 0 amide bonds. The second kappa shape index (κ2) is 4.84. The molecule has 1 unspecified atom stereocenters. The van der Waals surface area contributed by atoms with Gasteiger partial charge in [0.25, 0.3) is 5.89 Å². The predicted octanol–water partition coefficient (Wildman–Crippen LogP) is 2.96. The molecule has 1 saturated heterocycles. The van der Waals surface area contributed by atoms with Crippen molar-refractivity contribution in [2.75, 3.05) is 13.2 Å². The molecule has 102 valence electrons. The Bertz CT molecular complexity index is 698. The zero-order chi connectivity index (χ0) is 13.4. The molecule has 6 nitrogen and oxygen atoms in total. The molecule has 1 atom stereocenters. The summed E-state index contributed by atoms with van der Waals surface area (Å²) < 4.78 is 16.1. The van der Waals surface area contributed by atoms with Gasteiger partial charge in [-0.15, -0.1) is 11.3 Å². The van der Waals surface area contributed by atoms with Crippen molar-refractivity contribution in [2.45, 2.75) is 12.3 Å². The van der Waals surface area contributed by atoms with E-state index in [1.165, 1.54) is 6.39 Å². The average molecular weight is 289 g/mol. The molecule has 3 aromatic heterocycles. The van der Waals surface area contributed by atoms with Gasteiger partial charge in [0.1, 0.15) is 0 Å². The molecule has 1 fully saturated rings. The van der Waals surface area contributed by atoms with E-state index in [-0.39, 0.29) is 5.92 Å². The van der Waals surface area contributed by atoms with Gasteiger partial charge in [0.2, 0.25) is 0 Å². The molecular weight excluding hydrogens is 278 g/mol. The minimum atomic E-state index is 0.213. The molecule has 0 spiro atoms. The number of thiophene rings is 1. The van der Waals surface area contributed by atoms with Crippen LogP contribution in [-0.2, 0) is 4.74 Å². The molecule has 0 N–H and O–H groups in total. The molecule has 1 aliphatic heterocycles. The highest BCUT2D eigenvalue weighted by Gasteiger charge is 2.25. The number of rotatable bonds is 3. The Kier molecular flexibility index (Phi) is 2.86. The largest absolute Gasteiger partial charge is 0.442 e. The molecule has 4 rings (SSSR count). The van der Waals surface area contributed by atoms with Crippen LogP contribution in [0.3, 0.4) is 0 Å². The van der Waals surface area contributed by atoms with Gasteiger partial charge >= 0.3 is 0 Å². The van der Waals surface area contributed by atoms with Crippen molar-refractivity contribution < 1.29 is 13.7 Å². The summed E-state index contributed by atoms with van der Waals surface area (Å²) in [5.41, 5.74) is 0.588. The molecule has 0 saturated carbocycles. The number of nitrogens with zero attached hydrogens (tertiary/aromatic N) is 3. The number of ether oxygens (including phenoxy) is 1. The predicted molar refractivity (Wildman–Crippen MR) is 71.3 cm³/mol. The Balaban J connectivity index is 1.70. The molecule has 0 aliphatic carbocycles. The van der Waals surface area contributed by atoms with Crippen LogP contribution in [0.4, 0.5) is 0 Å². The third-order valence-electron chi connectivity index (χ3n) is 3.25. The second-order valence-corrected chi connectivity index (χ2v) is 5.47. The molecular formula is C13H11N3O3S. The van der Waals surface area contributed by atoms with E-state index in [0.717, 1.165) is 17.9 Å². The van der Waals surface area contributed by atoms with Gasteiger partial charge in [-0.25, -0.2) is 4.98 Å². The molecule has 3 aromatic rings. The lowest BCUT2D eigenvalue weighted by atomic mass is 10.1. The van der Waals surface area contributed by atoms with Crippen molar-refractivity contribution in [1.82, 2.24) is 15.1 Å². The lowest BCUT2D eigenvalue weighted by Gasteiger charge is -1.97. The van der Waals surface area contributed by atoms with Crippen molar-refractivity contribution >= 4 is 11.3 Å². The molecule has 20 heavy (non-hydrogen) atoms. The molecule has 0 radical (unpaired) electrons. The Morgan fingerprint density at radius 3 is 3.15 bits per heavy atom. The summed E-state index contributed by atoms with van der Waals surface area (Å²) in [6, 6.07) is 3.93. The van der Waals surface area contributed by atoms with Gasteiger partial charge < -0.3 is 13.7 Å². The highest BCUT2D eigenvalue weighted by molar-refractivity contribution is 7.13. The average Bonchev–Trinajstić information content (AvgIpc) is 3.23. The minimum absolute atomic E-state index is 0.213. The third kappa shape index (κ3) is 1.95. The lowest BCUT2D eigenvalue weighted by molar-refractivity contribution is 0.192. The smallest absolute Gasteiger partial charge is 0.280 e. The van der Waals surface area contributed by atoms with Crippen LogP contribution >= 0.6 is 11.3 Å². The molecule has 0 aromatic carbocycles. The van der Waals surface area contributed by atoms with Crippen molar-refractivity contribution in [3.63, 3.8) is 0 Å². The monoisotopic (exact) mass is 289 g/mol. The van der Waals surface area contributed by atoms with Crippen molar-refractivity contribution in [3.8, 4) is 22.2 Å². The summed E-state index contributed by atoms with van der Waals surface area (Å²) >= 11 is 1.58. The minimum Gasteiger partial charge on any atom is -0.442 e. The number of hydrogen-bond donors (Lipinski definition) is 0.